The van der Waals surface area contributed by atoms with E-state index in [1.807, 2.05) is 0 Å². The van der Waals surface area contributed by atoms with Gasteiger partial charge in [-0.1, -0.05) is 13.8 Å². The summed E-state index contributed by atoms with van der Waals surface area (Å²) in [6.07, 6.45) is -0.106. The molecule has 1 rings (SSSR count). The second-order valence-corrected chi connectivity index (χ2v) is 5.92. The van der Waals surface area contributed by atoms with Gasteiger partial charge in [0, 0.05) is 26.2 Å². The van der Waals surface area contributed by atoms with Crippen LogP contribution in [0.1, 0.15) is 13.8 Å². The van der Waals surface area contributed by atoms with Crippen molar-refractivity contribution >= 4 is 10.2 Å². The summed E-state index contributed by atoms with van der Waals surface area (Å²) >= 11 is 0. The van der Waals surface area contributed by atoms with Gasteiger partial charge in [-0.05, 0) is 5.92 Å². The lowest BCUT2D eigenvalue weighted by Gasteiger charge is -2.33. The molecule has 1 fully saturated rings. The molecular weight excluding hydrogens is 230 g/mol. The molecule has 0 aromatic rings. The minimum absolute atomic E-state index is 0.106. The van der Waals surface area contributed by atoms with E-state index >= 15 is 0 Å². The molecule has 0 amide bonds. The molecule has 1 aliphatic rings. The summed E-state index contributed by atoms with van der Waals surface area (Å²) < 4.78 is 29.2. The summed E-state index contributed by atoms with van der Waals surface area (Å²) in [5.41, 5.74) is 0. The number of morpholine rings is 1. The van der Waals surface area contributed by atoms with Crippen LogP contribution in [0.4, 0.5) is 0 Å². The molecule has 3 N–H and O–H groups in total. The van der Waals surface area contributed by atoms with E-state index in [1.165, 1.54) is 0 Å². The van der Waals surface area contributed by atoms with Gasteiger partial charge in [-0.2, -0.15) is 13.1 Å². The lowest BCUT2D eigenvalue weighted by atomic mass is 10.2. The number of rotatable bonds is 5. The molecular formula is C9H21N3O3S. The van der Waals surface area contributed by atoms with Gasteiger partial charge in [-0.3, -0.25) is 4.90 Å². The van der Waals surface area contributed by atoms with Gasteiger partial charge in [-0.25, -0.2) is 5.14 Å². The molecule has 1 heterocycles. The van der Waals surface area contributed by atoms with Gasteiger partial charge in [0.25, 0.3) is 10.2 Å². The van der Waals surface area contributed by atoms with Crippen molar-refractivity contribution < 1.29 is 13.2 Å². The Kier molecular flexibility index (Phi) is 5.13. The van der Waals surface area contributed by atoms with Crippen LogP contribution in [-0.4, -0.2) is 52.2 Å². The molecule has 0 bridgehead atoms. The van der Waals surface area contributed by atoms with Gasteiger partial charge in [0.1, 0.15) is 0 Å². The van der Waals surface area contributed by atoms with E-state index in [4.69, 9.17) is 9.88 Å². The maximum Gasteiger partial charge on any atom is 0.274 e. The fourth-order valence-electron chi connectivity index (χ4n) is 1.80. The number of nitrogens with zero attached hydrogens (tertiary/aromatic N) is 1. The normalized spacial score (nSPS) is 23.9. The Morgan fingerprint density at radius 1 is 1.56 bits per heavy atom. The number of ether oxygens (including phenoxy) is 1. The van der Waals surface area contributed by atoms with Crippen molar-refractivity contribution in [3.05, 3.63) is 0 Å². The van der Waals surface area contributed by atoms with Crippen LogP contribution < -0.4 is 9.86 Å². The molecule has 0 aromatic heterocycles. The average molecular weight is 251 g/mol. The van der Waals surface area contributed by atoms with Crippen LogP contribution in [0.25, 0.3) is 0 Å². The fourth-order valence-corrected chi connectivity index (χ4v) is 2.21. The molecule has 6 nitrogen and oxygen atoms in total. The highest BCUT2D eigenvalue weighted by Crippen LogP contribution is 2.07. The Bertz CT molecular complexity index is 305. The third kappa shape index (κ3) is 5.76. The third-order valence-electron chi connectivity index (χ3n) is 2.36. The largest absolute Gasteiger partial charge is 0.374 e. The van der Waals surface area contributed by atoms with Crippen LogP contribution in [0.5, 0.6) is 0 Å². The zero-order chi connectivity index (χ0) is 12.2. The lowest BCUT2D eigenvalue weighted by Crippen LogP contribution is -2.49. The van der Waals surface area contributed by atoms with Crippen LogP contribution in [0.15, 0.2) is 0 Å². The molecule has 16 heavy (non-hydrogen) atoms. The fraction of sp³-hybridized carbons (Fsp3) is 1.00. The van der Waals surface area contributed by atoms with Gasteiger partial charge in [-0.15, -0.1) is 0 Å². The summed E-state index contributed by atoms with van der Waals surface area (Å²) in [7, 11) is -3.61. The predicted molar refractivity (Wildman–Crippen MR) is 62.1 cm³/mol. The molecule has 0 aromatic carbocycles. The Morgan fingerprint density at radius 3 is 2.81 bits per heavy atom. The van der Waals surface area contributed by atoms with Crippen molar-refractivity contribution in [3.63, 3.8) is 0 Å². The van der Waals surface area contributed by atoms with Crippen molar-refractivity contribution in [2.75, 3.05) is 32.8 Å². The highest BCUT2D eigenvalue weighted by atomic mass is 32.2. The van der Waals surface area contributed by atoms with Crippen LogP contribution in [0.3, 0.4) is 0 Å². The molecule has 0 radical (unpaired) electrons. The molecule has 96 valence electrons. The van der Waals surface area contributed by atoms with E-state index in [2.05, 4.69) is 23.5 Å². The maximum absolute atomic E-state index is 10.7. The molecule has 1 saturated heterocycles. The zero-order valence-electron chi connectivity index (χ0n) is 9.85. The molecule has 0 spiro atoms. The van der Waals surface area contributed by atoms with Crippen molar-refractivity contribution in [3.8, 4) is 0 Å². The first-order chi connectivity index (χ1) is 7.37. The molecule has 1 aliphatic heterocycles. The van der Waals surface area contributed by atoms with E-state index < -0.39 is 10.2 Å². The number of nitrogens with one attached hydrogen (secondary N) is 1. The van der Waals surface area contributed by atoms with Crippen molar-refractivity contribution in [1.82, 2.24) is 9.62 Å². The van der Waals surface area contributed by atoms with E-state index in [9.17, 15) is 8.42 Å². The third-order valence-corrected chi connectivity index (χ3v) is 2.93. The topological polar surface area (TPSA) is 84.7 Å². The molecule has 1 unspecified atom stereocenters. The van der Waals surface area contributed by atoms with Gasteiger partial charge < -0.3 is 4.74 Å². The standard InChI is InChI=1S/C9H21N3O3S/c1-8(2)6-12-3-4-15-9(7-12)5-11-16(10,13)14/h8-9,11H,3-7H2,1-2H3,(H2,10,13,14). The van der Waals surface area contributed by atoms with Gasteiger partial charge in [0.05, 0.1) is 12.7 Å². The Morgan fingerprint density at radius 2 is 2.25 bits per heavy atom. The van der Waals surface area contributed by atoms with Crippen LogP contribution in [-0.2, 0) is 14.9 Å². The van der Waals surface area contributed by atoms with Crippen molar-refractivity contribution in [1.29, 1.82) is 0 Å². The minimum atomic E-state index is -3.61. The first kappa shape index (κ1) is 13.9. The van der Waals surface area contributed by atoms with Gasteiger partial charge in [0.15, 0.2) is 0 Å². The quantitative estimate of drug-likeness (QED) is 0.665. The van der Waals surface area contributed by atoms with Gasteiger partial charge in [0.2, 0.25) is 0 Å². The average Bonchev–Trinajstić information content (AvgIpc) is 2.13. The number of hydrogen-bond donors (Lipinski definition) is 2. The number of nitrogens with two attached hydrogens (primary N) is 1. The Labute approximate surface area is 97.3 Å². The summed E-state index contributed by atoms with van der Waals surface area (Å²) in [5, 5.41) is 4.86. The first-order valence-corrected chi connectivity index (χ1v) is 7.03. The summed E-state index contributed by atoms with van der Waals surface area (Å²) in [6.45, 7) is 7.87. The molecule has 7 heteroatoms. The van der Waals surface area contributed by atoms with Crippen molar-refractivity contribution in [2.24, 2.45) is 11.1 Å². The van der Waals surface area contributed by atoms with Crippen LogP contribution in [0.2, 0.25) is 0 Å². The lowest BCUT2D eigenvalue weighted by molar-refractivity contribution is -0.0280. The predicted octanol–water partition coefficient (Wildman–Crippen LogP) is -0.864. The highest BCUT2D eigenvalue weighted by molar-refractivity contribution is 7.87. The number of hydrogen-bond acceptors (Lipinski definition) is 4. The van der Waals surface area contributed by atoms with E-state index in [-0.39, 0.29) is 12.6 Å². The zero-order valence-corrected chi connectivity index (χ0v) is 10.7. The van der Waals surface area contributed by atoms with E-state index in [0.29, 0.717) is 12.5 Å². The second kappa shape index (κ2) is 5.92. The molecule has 0 aliphatic carbocycles. The van der Waals surface area contributed by atoms with E-state index in [1.54, 1.807) is 0 Å². The first-order valence-electron chi connectivity index (χ1n) is 5.48. The van der Waals surface area contributed by atoms with Crippen LogP contribution in [0, 0.1) is 5.92 Å². The highest BCUT2D eigenvalue weighted by Gasteiger charge is 2.21. The Hall–Kier alpha value is -0.210. The smallest absolute Gasteiger partial charge is 0.274 e. The van der Waals surface area contributed by atoms with Gasteiger partial charge >= 0.3 is 0 Å². The summed E-state index contributed by atoms with van der Waals surface area (Å²) in [4.78, 5) is 2.28. The summed E-state index contributed by atoms with van der Waals surface area (Å²) in [5.74, 6) is 0.602. The SMILES string of the molecule is CC(C)CN1CCOC(CNS(N)(=O)=O)C1. The molecule has 1 atom stereocenters. The summed E-state index contributed by atoms with van der Waals surface area (Å²) in [6, 6.07) is 0. The molecule has 0 saturated carbocycles. The second-order valence-electron chi connectivity index (χ2n) is 4.54. The monoisotopic (exact) mass is 251 g/mol. The Balaban J connectivity index is 2.33. The minimum Gasteiger partial charge on any atom is -0.374 e. The van der Waals surface area contributed by atoms with E-state index in [0.717, 1.165) is 19.6 Å². The van der Waals surface area contributed by atoms with Crippen LogP contribution >= 0.6 is 0 Å². The maximum atomic E-state index is 10.7. The van der Waals surface area contributed by atoms with Crippen molar-refractivity contribution in [2.45, 2.75) is 20.0 Å².